The molecule has 2 aromatic carbocycles. The summed E-state index contributed by atoms with van der Waals surface area (Å²) in [5.41, 5.74) is 2.64. The van der Waals surface area contributed by atoms with Gasteiger partial charge in [0.15, 0.2) is 0 Å². The van der Waals surface area contributed by atoms with Crippen molar-refractivity contribution in [2.75, 3.05) is 19.6 Å². The van der Waals surface area contributed by atoms with Crippen LogP contribution in [-0.2, 0) is 4.79 Å². The van der Waals surface area contributed by atoms with Crippen LogP contribution in [-0.4, -0.2) is 41.3 Å². The van der Waals surface area contributed by atoms with Gasteiger partial charge in [0.25, 0.3) is 5.91 Å². The van der Waals surface area contributed by atoms with Gasteiger partial charge in [-0.05, 0) is 55.7 Å². The molecule has 1 fully saturated rings. The molecule has 0 saturated carbocycles. The number of carbonyl (C=O) groups is 2. The molecule has 0 bridgehead atoms. The van der Waals surface area contributed by atoms with Crippen molar-refractivity contribution in [2.45, 2.75) is 36.0 Å². The summed E-state index contributed by atoms with van der Waals surface area (Å²) < 4.78 is 0. The van der Waals surface area contributed by atoms with Crippen molar-refractivity contribution in [3.63, 3.8) is 0 Å². The van der Waals surface area contributed by atoms with Gasteiger partial charge in [0, 0.05) is 46.9 Å². The number of hydrogen-bond donors (Lipinski definition) is 2. The van der Waals surface area contributed by atoms with Crippen molar-refractivity contribution in [3.05, 3.63) is 58.7 Å². The van der Waals surface area contributed by atoms with E-state index in [1.54, 1.807) is 11.8 Å². The van der Waals surface area contributed by atoms with Gasteiger partial charge in [0.05, 0.1) is 4.90 Å². The Morgan fingerprint density at radius 3 is 2.77 bits per heavy atom. The number of amides is 2. The first-order valence-electron chi connectivity index (χ1n) is 10.1. The Hall–Kier alpha value is -2.44. The maximum Gasteiger partial charge on any atom is 0.268 e. The molecule has 2 amide bonds. The molecule has 1 aliphatic heterocycles. The third kappa shape index (κ3) is 4.65. The number of H-pyrrole nitrogens is 1. The second kappa shape index (κ2) is 9.14. The number of hydrogen-bond acceptors (Lipinski definition) is 3. The van der Waals surface area contributed by atoms with Gasteiger partial charge in [0.2, 0.25) is 5.91 Å². The zero-order chi connectivity index (χ0) is 21.1. The highest BCUT2D eigenvalue weighted by Crippen LogP contribution is 2.37. The number of benzene rings is 2. The molecule has 4 rings (SSSR count). The summed E-state index contributed by atoms with van der Waals surface area (Å²) in [6.45, 7) is 4.08. The number of rotatable bonds is 7. The van der Waals surface area contributed by atoms with E-state index in [0.717, 1.165) is 45.6 Å². The minimum Gasteiger partial charge on any atom is -0.351 e. The summed E-state index contributed by atoms with van der Waals surface area (Å²) >= 11 is 7.56. The van der Waals surface area contributed by atoms with E-state index in [0.29, 0.717) is 30.2 Å². The van der Waals surface area contributed by atoms with Gasteiger partial charge in [-0.2, -0.15) is 0 Å². The van der Waals surface area contributed by atoms with Crippen LogP contribution in [0.5, 0.6) is 0 Å². The summed E-state index contributed by atoms with van der Waals surface area (Å²) in [7, 11) is 0. The lowest BCUT2D eigenvalue weighted by Crippen LogP contribution is -2.30. The molecule has 3 aromatic rings. The van der Waals surface area contributed by atoms with Crippen molar-refractivity contribution in [1.82, 2.24) is 15.2 Å². The van der Waals surface area contributed by atoms with Crippen molar-refractivity contribution < 1.29 is 9.59 Å². The largest absolute Gasteiger partial charge is 0.351 e. The van der Waals surface area contributed by atoms with Crippen LogP contribution in [0.1, 0.15) is 35.3 Å². The van der Waals surface area contributed by atoms with Crippen LogP contribution >= 0.6 is 23.4 Å². The molecule has 0 spiro atoms. The number of fused-ring (bicyclic) bond motifs is 1. The predicted octanol–water partition coefficient (Wildman–Crippen LogP) is 5.02. The molecule has 2 N–H and O–H groups in total. The molecular weight excluding hydrogens is 418 g/mol. The van der Waals surface area contributed by atoms with Gasteiger partial charge >= 0.3 is 0 Å². The minimum atomic E-state index is -0.131. The van der Waals surface area contributed by atoms with Crippen LogP contribution in [0.3, 0.4) is 0 Å². The molecule has 0 aliphatic carbocycles. The van der Waals surface area contributed by atoms with E-state index >= 15 is 0 Å². The first kappa shape index (κ1) is 20.8. The molecule has 1 aromatic heterocycles. The second-order valence-corrected chi connectivity index (χ2v) is 9.05. The van der Waals surface area contributed by atoms with E-state index in [9.17, 15) is 9.59 Å². The second-order valence-electron chi connectivity index (χ2n) is 7.53. The number of aromatic amines is 1. The normalized spacial score (nSPS) is 13.9. The zero-order valence-corrected chi connectivity index (χ0v) is 18.4. The molecule has 30 heavy (non-hydrogen) atoms. The number of nitrogens with one attached hydrogen (secondary N) is 2. The van der Waals surface area contributed by atoms with Gasteiger partial charge < -0.3 is 15.2 Å². The Balaban J connectivity index is 1.50. The Morgan fingerprint density at radius 2 is 2.03 bits per heavy atom. The number of likely N-dealkylation sites (tertiary alicyclic amines) is 1. The Morgan fingerprint density at radius 1 is 1.23 bits per heavy atom. The maximum atomic E-state index is 13.0. The third-order valence-corrected chi connectivity index (χ3v) is 6.62. The number of halogens is 1. The van der Waals surface area contributed by atoms with E-state index in [4.69, 9.17) is 11.6 Å². The highest BCUT2D eigenvalue weighted by molar-refractivity contribution is 7.99. The summed E-state index contributed by atoms with van der Waals surface area (Å²) in [6, 6.07) is 13.8. The van der Waals surface area contributed by atoms with E-state index < -0.39 is 0 Å². The van der Waals surface area contributed by atoms with E-state index in [1.807, 2.05) is 36.1 Å². The first-order chi connectivity index (χ1) is 14.5. The Bertz CT molecular complexity index is 1080. The van der Waals surface area contributed by atoms with Gasteiger partial charge in [0.1, 0.15) is 5.69 Å². The fourth-order valence-corrected chi connectivity index (χ4v) is 4.84. The van der Waals surface area contributed by atoms with Crippen LogP contribution < -0.4 is 5.32 Å². The molecule has 0 radical (unpaired) electrons. The molecule has 0 atom stereocenters. The van der Waals surface area contributed by atoms with Crippen molar-refractivity contribution in [1.29, 1.82) is 0 Å². The van der Waals surface area contributed by atoms with Gasteiger partial charge in [-0.15, -0.1) is 0 Å². The number of nitrogens with zero attached hydrogens (tertiary/aromatic N) is 1. The summed E-state index contributed by atoms with van der Waals surface area (Å²) in [4.78, 5) is 31.8. The average molecular weight is 442 g/mol. The average Bonchev–Trinajstić information content (AvgIpc) is 3.30. The minimum absolute atomic E-state index is 0.131. The van der Waals surface area contributed by atoms with Crippen LogP contribution in [0.15, 0.2) is 52.3 Å². The van der Waals surface area contributed by atoms with Crippen LogP contribution in [0.2, 0.25) is 5.02 Å². The van der Waals surface area contributed by atoms with Gasteiger partial charge in [-0.1, -0.05) is 35.5 Å². The van der Waals surface area contributed by atoms with Crippen LogP contribution in [0.25, 0.3) is 10.9 Å². The fraction of sp³-hybridized carbons (Fsp3) is 0.304. The quantitative estimate of drug-likeness (QED) is 0.506. The molecule has 1 aliphatic rings. The SMILES string of the molecule is Cc1ccc2c(Sc3ccc(Cl)cc3)c(C(=O)NCCCN3CCCC3=O)[nH]c2c1. The Kier molecular flexibility index (Phi) is 6.35. The summed E-state index contributed by atoms with van der Waals surface area (Å²) in [5.74, 6) is 0.0852. The number of carbonyl (C=O) groups excluding carboxylic acids is 2. The predicted molar refractivity (Wildman–Crippen MR) is 121 cm³/mol. The van der Waals surface area contributed by atoms with Crippen LogP contribution in [0.4, 0.5) is 0 Å². The van der Waals surface area contributed by atoms with E-state index in [-0.39, 0.29) is 11.8 Å². The summed E-state index contributed by atoms with van der Waals surface area (Å²) in [6.07, 6.45) is 2.33. The molecule has 7 heteroatoms. The number of aryl methyl sites for hydroxylation is 1. The topological polar surface area (TPSA) is 65.2 Å². The molecular formula is C23H24ClN3O2S. The van der Waals surface area contributed by atoms with Gasteiger partial charge in [-0.25, -0.2) is 0 Å². The third-order valence-electron chi connectivity index (χ3n) is 5.23. The molecule has 0 unspecified atom stereocenters. The molecule has 5 nitrogen and oxygen atoms in total. The van der Waals surface area contributed by atoms with Crippen molar-refractivity contribution >= 4 is 46.1 Å². The lowest BCUT2D eigenvalue weighted by atomic mass is 10.2. The lowest BCUT2D eigenvalue weighted by molar-refractivity contribution is -0.127. The summed E-state index contributed by atoms with van der Waals surface area (Å²) in [5, 5.41) is 4.71. The molecule has 156 valence electrons. The molecule has 1 saturated heterocycles. The monoisotopic (exact) mass is 441 g/mol. The van der Waals surface area contributed by atoms with Gasteiger partial charge in [-0.3, -0.25) is 9.59 Å². The zero-order valence-electron chi connectivity index (χ0n) is 16.8. The number of aromatic nitrogens is 1. The highest BCUT2D eigenvalue weighted by Gasteiger charge is 2.21. The first-order valence-corrected chi connectivity index (χ1v) is 11.3. The fourth-order valence-electron chi connectivity index (χ4n) is 3.67. The van der Waals surface area contributed by atoms with E-state index in [2.05, 4.69) is 28.5 Å². The Labute approximate surface area is 185 Å². The maximum absolute atomic E-state index is 13.0. The standard InChI is InChI=1S/C23H24ClN3O2S/c1-15-5-10-18-19(14-15)26-21(22(18)30-17-8-6-16(24)7-9-17)23(29)25-11-3-13-27-12-2-4-20(27)28/h5-10,14,26H,2-4,11-13H2,1H3,(H,25,29). The van der Waals surface area contributed by atoms with Crippen LogP contribution in [0, 0.1) is 6.92 Å². The van der Waals surface area contributed by atoms with E-state index in [1.165, 1.54) is 0 Å². The molecule has 2 heterocycles. The lowest BCUT2D eigenvalue weighted by Gasteiger charge is -2.15. The van der Waals surface area contributed by atoms with Crippen molar-refractivity contribution in [3.8, 4) is 0 Å². The van der Waals surface area contributed by atoms with Crippen molar-refractivity contribution in [2.24, 2.45) is 0 Å². The smallest absolute Gasteiger partial charge is 0.268 e. The highest BCUT2D eigenvalue weighted by atomic mass is 35.5.